The van der Waals surface area contributed by atoms with Crippen LogP contribution in [0.4, 0.5) is 10.5 Å². The second-order valence-corrected chi connectivity index (χ2v) is 6.42. The Morgan fingerprint density at radius 3 is 2.00 bits per heavy atom. The Hall–Kier alpha value is -2.55. The molecule has 0 bridgehead atoms. The van der Waals surface area contributed by atoms with Crippen LogP contribution in [-0.4, -0.2) is 6.09 Å². The van der Waals surface area contributed by atoms with Crippen LogP contribution < -0.4 is 10.1 Å². The number of anilines is 1. The summed E-state index contributed by atoms with van der Waals surface area (Å²) in [7, 11) is 0. The number of nitrogens with one attached hydrogen (secondary N) is 1. The SMILES string of the molecule is C=Cc1ccc(NC(=O)Oc2c(C(C)C)cccc2C(C)C)cc1. The van der Waals surface area contributed by atoms with Crippen LogP contribution in [0, 0.1) is 0 Å². The fraction of sp³-hybridized carbons (Fsp3) is 0.286. The van der Waals surface area contributed by atoms with Crippen LogP contribution in [0.3, 0.4) is 0 Å². The summed E-state index contributed by atoms with van der Waals surface area (Å²) >= 11 is 0. The van der Waals surface area contributed by atoms with Crippen molar-refractivity contribution in [1.82, 2.24) is 0 Å². The smallest absolute Gasteiger partial charge is 0.409 e. The second kappa shape index (κ2) is 7.82. The van der Waals surface area contributed by atoms with Crippen molar-refractivity contribution in [3.63, 3.8) is 0 Å². The van der Waals surface area contributed by atoms with E-state index in [-0.39, 0.29) is 11.8 Å². The van der Waals surface area contributed by atoms with E-state index in [0.29, 0.717) is 11.4 Å². The zero-order valence-electron chi connectivity index (χ0n) is 14.8. The molecule has 1 amide bonds. The van der Waals surface area contributed by atoms with E-state index in [9.17, 15) is 4.79 Å². The van der Waals surface area contributed by atoms with E-state index in [2.05, 4.69) is 39.6 Å². The predicted octanol–water partition coefficient (Wildman–Crippen LogP) is 6.19. The van der Waals surface area contributed by atoms with Crippen molar-refractivity contribution in [2.24, 2.45) is 0 Å². The molecule has 0 aliphatic heterocycles. The zero-order chi connectivity index (χ0) is 17.7. The Kier molecular flexibility index (Phi) is 5.80. The van der Waals surface area contributed by atoms with Crippen LogP contribution in [0.2, 0.25) is 0 Å². The van der Waals surface area contributed by atoms with Crippen molar-refractivity contribution in [3.8, 4) is 5.75 Å². The highest BCUT2D eigenvalue weighted by molar-refractivity contribution is 5.86. The fourth-order valence-corrected chi connectivity index (χ4v) is 2.54. The molecule has 0 aliphatic carbocycles. The van der Waals surface area contributed by atoms with Gasteiger partial charge in [0.1, 0.15) is 5.75 Å². The van der Waals surface area contributed by atoms with Gasteiger partial charge in [-0.3, -0.25) is 5.32 Å². The third-order valence-corrected chi connectivity index (χ3v) is 3.91. The maximum Gasteiger partial charge on any atom is 0.417 e. The molecule has 3 heteroatoms. The number of carbonyl (C=O) groups excluding carboxylic acids is 1. The van der Waals surface area contributed by atoms with E-state index in [1.165, 1.54) is 0 Å². The van der Waals surface area contributed by atoms with Crippen molar-refractivity contribution < 1.29 is 9.53 Å². The normalized spacial score (nSPS) is 10.8. The number of ether oxygens (including phenoxy) is 1. The Morgan fingerprint density at radius 1 is 1.00 bits per heavy atom. The molecule has 24 heavy (non-hydrogen) atoms. The molecular weight excluding hydrogens is 298 g/mol. The van der Waals surface area contributed by atoms with Gasteiger partial charge in [-0.25, -0.2) is 4.79 Å². The van der Waals surface area contributed by atoms with Crippen molar-refractivity contribution in [2.75, 3.05) is 5.32 Å². The number of para-hydroxylation sites is 1. The molecule has 2 rings (SSSR count). The van der Waals surface area contributed by atoms with Crippen LogP contribution in [0.25, 0.3) is 6.08 Å². The molecule has 0 atom stereocenters. The number of amides is 1. The molecule has 0 radical (unpaired) electrons. The molecule has 0 saturated heterocycles. The first kappa shape index (κ1) is 17.8. The highest BCUT2D eigenvalue weighted by atomic mass is 16.6. The van der Waals surface area contributed by atoms with Gasteiger partial charge in [0.2, 0.25) is 0 Å². The number of rotatable bonds is 5. The lowest BCUT2D eigenvalue weighted by Crippen LogP contribution is -2.19. The Labute approximate surface area is 144 Å². The number of benzene rings is 2. The van der Waals surface area contributed by atoms with Gasteiger partial charge in [0.25, 0.3) is 0 Å². The lowest BCUT2D eigenvalue weighted by Gasteiger charge is -2.19. The molecule has 2 aromatic carbocycles. The van der Waals surface area contributed by atoms with Gasteiger partial charge in [-0.1, -0.05) is 70.7 Å². The zero-order valence-corrected chi connectivity index (χ0v) is 14.8. The minimum atomic E-state index is -0.476. The summed E-state index contributed by atoms with van der Waals surface area (Å²) in [6.45, 7) is 12.1. The quantitative estimate of drug-likeness (QED) is 0.712. The molecule has 0 saturated carbocycles. The molecule has 0 spiro atoms. The maximum atomic E-state index is 12.3. The largest absolute Gasteiger partial charge is 0.417 e. The van der Waals surface area contributed by atoms with E-state index < -0.39 is 6.09 Å². The summed E-state index contributed by atoms with van der Waals surface area (Å²) in [5.74, 6) is 1.22. The predicted molar refractivity (Wildman–Crippen MR) is 101 cm³/mol. The van der Waals surface area contributed by atoms with Gasteiger partial charge in [0, 0.05) is 5.69 Å². The van der Waals surface area contributed by atoms with E-state index in [4.69, 9.17) is 4.74 Å². The van der Waals surface area contributed by atoms with E-state index in [1.54, 1.807) is 6.08 Å². The van der Waals surface area contributed by atoms with Gasteiger partial charge >= 0.3 is 6.09 Å². The third kappa shape index (κ3) is 4.25. The minimum Gasteiger partial charge on any atom is -0.409 e. The van der Waals surface area contributed by atoms with Crippen LogP contribution in [0.15, 0.2) is 49.0 Å². The van der Waals surface area contributed by atoms with Crippen LogP contribution in [0.5, 0.6) is 5.75 Å². The average Bonchev–Trinajstić information content (AvgIpc) is 2.55. The molecule has 0 aromatic heterocycles. The molecule has 0 fully saturated rings. The fourth-order valence-electron chi connectivity index (χ4n) is 2.54. The van der Waals surface area contributed by atoms with Crippen molar-refractivity contribution >= 4 is 17.9 Å². The summed E-state index contributed by atoms with van der Waals surface area (Å²) in [6.07, 6.45) is 1.28. The van der Waals surface area contributed by atoms with Gasteiger partial charge in [0.05, 0.1) is 0 Å². The van der Waals surface area contributed by atoms with Gasteiger partial charge in [-0.15, -0.1) is 0 Å². The summed E-state index contributed by atoms with van der Waals surface area (Å²) < 4.78 is 5.69. The van der Waals surface area contributed by atoms with Crippen molar-refractivity contribution in [1.29, 1.82) is 0 Å². The van der Waals surface area contributed by atoms with Crippen LogP contribution in [-0.2, 0) is 0 Å². The summed E-state index contributed by atoms with van der Waals surface area (Å²) in [6, 6.07) is 13.5. The lowest BCUT2D eigenvalue weighted by molar-refractivity contribution is 0.214. The van der Waals surface area contributed by atoms with Gasteiger partial charge in [0.15, 0.2) is 0 Å². The lowest BCUT2D eigenvalue weighted by atomic mass is 9.94. The molecule has 0 unspecified atom stereocenters. The Bertz CT molecular complexity index is 689. The molecule has 3 nitrogen and oxygen atoms in total. The standard InChI is InChI=1S/C21H25NO2/c1-6-16-10-12-17(13-11-16)22-21(23)24-20-18(14(2)3)8-7-9-19(20)15(4)5/h6-15H,1H2,2-5H3,(H,22,23). The third-order valence-electron chi connectivity index (χ3n) is 3.91. The van der Waals surface area contributed by atoms with Crippen LogP contribution >= 0.6 is 0 Å². The van der Waals surface area contributed by atoms with E-state index >= 15 is 0 Å². The van der Waals surface area contributed by atoms with Gasteiger partial charge < -0.3 is 4.74 Å². The summed E-state index contributed by atoms with van der Waals surface area (Å²) in [5, 5.41) is 2.78. The monoisotopic (exact) mass is 323 g/mol. The van der Waals surface area contributed by atoms with Gasteiger partial charge in [-0.2, -0.15) is 0 Å². The second-order valence-electron chi connectivity index (χ2n) is 6.42. The molecule has 126 valence electrons. The number of hydrogen-bond acceptors (Lipinski definition) is 2. The summed E-state index contributed by atoms with van der Waals surface area (Å²) in [5.41, 5.74) is 3.77. The topological polar surface area (TPSA) is 38.3 Å². The number of hydrogen-bond donors (Lipinski definition) is 1. The highest BCUT2D eigenvalue weighted by Crippen LogP contribution is 2.34. The van der Waals surface area contributed by atoms with Crippen molar-refractivity contribution in [3.05, 3.63) is 65.7 Å². The first-order valence-corrected chi connectivity index (χ1v) is 8.26. The Morgan fingerprint density at radius 2 is 1.54 bits per heavy atom. The van der Waals surface area contributed by atoms with E-state index in [1.807, 2.05) is 42.5 Å². The molecular formula is C21H25NO2. The first-order valence-electron chi connectivity index (χ1n) is 8.26. The van der Waals surface area contributed by atoms with Crippen LogP contribution in [0.1, 0.15) is 56.2 Å². The first-order chi connectivity index (χ1) is 11.4. The molecule has 0 aliphatic rings. The molecule has 2 aromatic rings. The average molecular weight is 323 g/mol. The molecule has 1 N–H and O–H groups in total. The minimum absolute atomic E-state index is 0.276. The van der Waals surface area contributed by atoms with Crippen molar-refractivity contribution in [2.45, 2.75) is 39.5 Å². The maximum absolute atomic E-state index is 12.3. The Balaban J connectivity index is 2.22. The summed E-state index contributed by atoms with van der Waals surface area (Å²) in [4.78, 5) is 12.3. The number of carbonyl (C=O) groups is 1. The molecule has 0 heterocycles. The highest BCUT2D eigenvalue weighted by Gasteiger charge is 2.18. The van der Waals surface area contributed by atoms with E-state index in [0.717, 1.165) is 16.7 Å². The van der Waals surface area contributed by atoms with Gasteiger partial charge in [-0.05, 0) is 40.7 Å².